The van der Waals surface area contributed by atoms with E-state index in [1.54, 1.807) is 12.3 Å². The Balaban J connectivity index is 1.44. The average molecular weight is 405 g/mol. The lowest BCUT2D eigenvalue weighted by atomic mass is 9.92. The molecule has 1 aromatic carbocycles. The smallest absolute Gasteiger partial charge is 0.348 e. The Labute approximate surface area is 169 Å². The van der Waals surface area contributed by atoms with Crippen molar-refractivity contribution < 1.29 is 18.0 Å². The molecule has 0 spiro atoms. The number of hydrogen-bond donors (Lipinski definition) is 1. The summed E-state index contributed by atoms with van der Waals surface area (Å²) in [5.41, 5.74) is 0.889. The van der Waals surface area contributed by atoms with Crippen LogP contribution in [0.25, 0.3) is 0 Å². The number of rotatable bonds is 6. The molecule has 0 radical (unpaired) electrons. The number of pyridine rings is 1. The molecule has 4 nitrogen and oxygen atoms in total. The largest absolute Gasteiger partial charge is 0.416 e. The molecule has 1 aromatic heterocycles. The number of halogens is 3. The van der Waals surface area contributed by atoms with E-state index in [0.717, 1.165) is 37.7 Å². The van der Waals surface area contributed by atoms with Gasteiger partial charge >= 0.3 is 6.18 Å². The molecule has 2 heterocycles. The lowest BCUT2D eigenvalue weighted by Gasteiger charge is -2.32. The van der Waals surface area contributed by atoms with Gasteiger partial charge in [0.05, 0.1) is 17.3 Å². The SMILES string of the molecule is C[C@@H](NC(=O)CC1CCN(Cc2cccc(C(F)(F)F)c2)CC1)c1ccccn1. The number of likely N-dealkylation sites (tertiary alicyclic amines) is 1. The van der Waals surface area contributed by atoms with Crippen LogP contribution in [0.4, 0.5) is 13.2 Å². The minimum atomic E-state index is -4.32. The molecule has 2 aromatic rings. The topological polar surface area (TPSA) is 45.2 Å². The molecule has 0 bridgehead atoms. The second-order valence-corrected chi connectivity index (χ2v) is 7.67. The zero-order valence-electron chi connectivity index (χ0n) is 16.5. The van der Waals surface area contributed by atoms with Crippen molar-refractivity contribution in [3.8, 4) is 0 Å². The van der Waals surface area contributed by atoms with Crippen molar-refractivity contribution in [1.29, 1.82) is 0 Å². The highest BCUT2D eigenvalue weighted by Gasteiger charge is 2.30. The zero-order valence-corrected chi connectivity index (χ0v) is 16.5. The van der Waals surface area contributed by atoms with E-state index >= 15 is 0 Å². The first-order valence-electron chi connectivity index (χ1n) is 9.90. The maximum atomic E-state index is 12.9. The van der Waals surface area contributed by atoms with E-state index < -0.39 is 11.7 Å². The summed E-state index contributed by atoms with van der Waals surface area (Å²) >= 11 is 0. The number of nitrogens with one attached hydrogen (secondary N) is 1. The fraction of sp³-hybridized carbons (Fsp3) is 0.455. The van der Waals surface area contributed by atoms with Crippen molar-refractivity contribution in [3.05, 3.63) is 65.5 Å². The quantitative estimate of drug-likeness (QED) is 0.765. The first kappa shape index (κ1) is 21.3. The van der Waals surface area contributed by atoms with Gasteiger partial charge in [-0.3, -0.25) is 14.7 Å². The Hall–Kier alpha value is -2.41. The predicted octanol–water partition coefficient (Wildman–Crippen LogP) is 4.58. The van der Waals surface area contributed by atoms with Crippen LogP contribution in [-0.4, -0.2) is 28.9 Å². The molecule has 1 aliphatic heterocycles. The molecule has 3 rings (SSSR count). The molecule has 0 saturated carbocycles. The van der Waals surface area contributed by atoms with Gasteiger partial charge in [-0.05, 0) is 62.5 Å². The number of nitrogens with zero attached hydrogens (tertiary/aromatic N) is 2. The Morgan fingerprint density at radius 3 is 2.62 bits per heavy atom. The zero-order chi connectivity index (χ0) is 20.9. The summed E-state index contributed by atoms with van der Waals surface area (Å²) in [5, 5.41) is 2.99. The first-order chi connectivity index (χ1) is 13.8. The van der Waals surface area contributed by atoms with Crippen molar-refractivity contribution in [2.75, 3.05) is 13.1 Å². The van der Waals surface area contributed by atoms with Gasteiger partial charge in [0.25, 0.3) is 0 Å². The van der Waals surface area contributed by atoms with E-state index in [2.05, 4.69) is 15.2 Å². The minimum absolute atomic E-state index is 0.0134. The van der Waals surface area contributed by atoms with Gasteiger partial charge in [-0.15, -0.1) is 0 Å². The van der Waals surface area contributed by atoms with Gasteiger partial charge in [0.15, 0.2) is 0 Å². The lowest BCUT2D eigenvalue weighted by molar-refractivity contribution is -0.137. The van der Waals surface area contributed by atoms with Crippen LogP contribution < -0.4 is 5.32 Å². The number of aromatic nitrogens is 1. The molecule has 1 aliphatic rings. The highest BCUT2D eigenvalue weighted by atomic mass is 19.4. The molecule has 1 fully saturated rings. The Morgan fingerprint density at radius 2 is 1.97 bits per heavy atom. The Morgan fingerprint density at radius 1 is 1.21 bits per heavy atom. The third kappa shape index (κ3) is 6.29. The van der Waals surface area contributed by atoms with Crippen LogP contribution in [0.1, 0.15) is 49.0 Å². The van der Waals surface area contributed by atoms with Gasteiger partial charge in [0.2, 0.25) is 5.91 Å². The van der Waals surface area contributed by atoms with Crippen molar-refractivity contribution in [1.82, 2.24) is 15.2 Å². The monoisotopic (exact) mass is 405 g/mol. The molecule has 0 aliphatic carbocycles. The summed E-state index contributed by atoms with van der Waals surface area (Å²) in [6, 6.07) is 11.0. The predicted molar refractivity (Wildman–Crippen MR) is 105 cm³/mol. The van der Waals surface area contributed by atoms with Gasteiger partial charge in [-0.2, -0.15) is 13.2 Å². The lowest BCUT2D eigenvalue weighted by Crippen LogP contribution is -2.36. The van der Waals surface area contributed by atoms with Gasteiger partial charge < -0.3 is 5.32 Å². The van der Waals surface area contributed by atoms with E-state index in [1.807, 2.05) is 25.1 Å². The molecule has 1 amide bonds. The number of carbonyl (C=O) groups is 1. The van der Waals surface area contributed by atoms with E-state index in [-0.39, 0.29) is 11.9 Å². The van der Waals surface area contributed by atoms with Crippen molar-refractivity contribution in [2.45, 2.75) is 44.9 Å². The van der Waals surface area contributed by atoms with Crippen molar-refractivity contribution in [2.24, 2.45) is 5.92 Å². The van der Waals surface area contributed by atoms with E-state index in [9.17, 15) is 18.0 Å². The number of amides is 1. The molecule has 1 atom stereocenters. The fourth-order valence-corrected chi connectivity index (χ4v) is 3.72. The van der Waals surface area contributed by atoms with Crippen LogP contribution in [0.15, 0.2) is 48.7 Å². The normalized spacial score (nSPS) is 17.1. The molecule has 29 heavy (non-hydrogen) atoms. The van der Waals surface area contributed by atoms with E-state index in [0.29, 0.717) is 24.4 Å². The van der Waals surface area contributed by atoms with Crippen LogP contribution in [-0.2, 0) is 17.5 Å². The summed E-state index contributed by atoms with van der Waals surface area (Å²) in [6.07, 6.45) is -0.413. The standard InChI is InChI=1S/C22H26F3N3O/c1-16(20-7-2-3-10-26-20)27-21(29)14-17-8-11-28(12-9-17)15-18-5-4-6-19(13-18)22(23,24)25/h2-7,10,13,16-17H,8-9,11-12,14-15H2,1H3,(H,27,29)/t16-/m1/s1. The van der Waals surface area contributed by atoms with Gasteiger partial charge in [-0.25, -0.2) is 0 Å². The molecular formula is C22H26F3N3O. The van der Waals surface area contributed by atoms with Crippen molar-refractivity contribution in [3.63, 3.8) is 0 Å². The van der Waals surface area contributed by atoms with Gasteiger partial charge in [-0.1, -0.05) is 24.3 Å². The maximum absolute atomic E-state index is 12.9. The summed E-state index contributed by atoms with van der Waals surface area (Å²) in [5.74, 6) is 0.308. The van der Waals surface area contributed by atoms with Crippen LogP contribution >= 0.6 is 0 Å². The third-order valence-corrected chi connectivity index (χ3v) is 5.35. The summed E-state index contributed by atoms with van der Waals surface area (Å²) in [4.78, 5) is 18.8. The molecule has 0 unspecified atom stereocenters. The number of hydrogen-bond acceptors (Lipinski definition) is 3. The number of benzene rings is 1. The van der Waals surface area contributed by atoms with Crippen LogP contribution in [0.5, 0.6) is 0 Å². The van der Waals surface area contributed by atoms with E-state index in [4.69, 9.17) is 0 Å². The molecule has 7 heteroatoms. The van der Waals surface area contributed by atoms with Gasteiger partial charge in [0, 0.05) is 19.2 Å². The van der Waals surface area contributed by atoms with Crippen molar-refractivity contribution >= 4 is 5.91 Å². The molecule has 1 saturated heterocycles. The number of carbonyl (C=O) groups excluding carboxylic acids is 1. The highest BCUT2D eigenvalue weighted by Crippen LogP contribution is 2.30. The number of alkyl halides is 3. The summed E-state index contributed by atoms with van der Waals surface area (Å²) in [6.45, 7) is 3.98. The molecular weight excluding hydrogens is 379 g/mol. The maximum Gasteiger partial charge on any atom is 0.416 e. The third-order valence-electron chi connectivity index (χ3n) is 5.35. The average Bonchev–Trinajstić information content (AvgIpc) is 2.69. The van der Waals surface area contributed by atoms with Crippen LogP contribution in [0, 0.1) is 5.92 Å². The minimum Gasteiger partial charge on any atom is -0.348 e. The first-order valence-corrected chi connectivity index (χ1v) is 9.90. The Kier molecular flexibility index (Phi) is 6.90. The van der Waals surface area contributed by atoms with Crippen LogP contribution in [0.3, 0.4) is 0 Å². The fourth-order valence-electron chi connectivity index (χ4n) is 3.72. The van der Waals surface area contributed by atoms with E-state index in [1.165, 1.54) is 12.1 Å². The molecule has 156 valence electrons. The summed E-state index contributed by atoms with van der Waals surface area (Å²) in [7, 11) is 0. The highest BCUT2D eigenvalue weighted by molar-refractivity contribution is 5.76. The molecule has 1 N–H and O–H groups in total. The van der Waals surface area contributed by atoms with Gasteiger partial charge in [0.1, 0.15) is 0 Å². The second-order valence-electron chi connectivity index (χ2n) is 7.67. The number of piperidine rings is 1. The van der Waals surface area contributed by atoms with Crippen LogP contribution in [0.2, 0.25) is 0 Å². The summed E-state index contributed by atoms with van der Waals surface area (Å²) < 4.78 is 38.6. The Bertz CT molecular complexity index is 802. The second kappa shape index (κ2) is 9.39.